The monoisotopic (exact) mass is 365 g/mol. The molecule has 26 heavy (non-hydrogen) atoms. The zero-order chi connectivity index (χ0) is 18.3. The summed E-state index contributed by atoms with van der Waals surface area (Å²) in [6.07, 6.45) is -1.12. The van der Waals surface area contributed by atoms with E-state index in [1.165, 1.54) is 16.9 Å². The van der Waals surface area contributed by atoms with Crippen molar-refractivity contribution in [2.75, 3.05) is 26.3 Å². The van der Waals surface area contributed by atoms with E-state index in [-0.39, 0.29) is 11.8 Å². The van der Waals surface area contributed by atoms with Gasteiger partial charge in [-0.3, -0.25) is 4.79 Å². The molecule has 0 radical (unpaired) electrons. The van der Waals surface area contributed by atoms with Crippen LogP contribution in [-0.4, -0.2) is 46.9 Å². The number of rotatable bonds is 3. The predicted octanol–water partition coefficient (Wildman–Crippen LogP) is 3.24. The van der Waals surface area contributed by atoms with Crippen molar-refractivity contribution in [3.63, 3.8) is 0 Å². The van der Waals surface area contributed by atoms with Crippen molar-refractivity contribution in [1.29, 1.82) is 0 Å². The highest BCUT2D eigenvalue weighted by molar-refractivity contribution is 5.95. The average Bonchev–Trinajstić information content (AvgIpc) is 3.39. The molecular weight excluding hydrogens is 347 g/mol. The highest BCUT2D eigenvalue weighted by Gasteiger charge is 2.35. The quantitative estimate of drug-likeness (QED) is 0.839. The number of ether oxygens (including phenoxy) is 1. The number of carbonyl (C=O) groups excluding carboxylic acids is 1. The van der Waals surface area contributed by atoms with Gasteiger partial charge in [0.05, 0.1) is 41.9 Å². The maximum absolute atomic E-state index is 13.0. The Morgan fingerprint density at radius 3 is 2.58 bits per heavy atom. The Morgan fingerprint density at radius 1 is 1.19 bits per heavy atom. The number of alkyl halides is 3. The van der Waals surface area contributed by atoms with Crippen LogP contribution in [0.4, 0.5) is 13.2 Å². The number of carbonyl (C=O) groups is 1. The molecule has 2 aromatic rings. The Labute approximate surface area is 148 Å². The summed E-state index contributed by atoms with van der Waals surface area (Å²) in [6.45, 7) is 2.01. The van der Waals surface area contributed by atoms with E-state index in [1.807, 2.05) is 0 Å². The Morgan fingerprint density at radius 2 is 1.92 bits per heavy atom. The zero-order valence-corrected chi connectivity index (χ0v) is 14.0. The lowest BCUT2D eigenvalue weighted by Crippen LogP contribution is -2.40. The van der Waals surface area contributed by atoms with Crippen LogP contribution in [0, 0.1) is 0 Å². The molecule has 0 unspecified atom stereocenters. The van der Waals surface area contributed by atoms with E-state index in [0.717, 1.165) is 25.0 Å². The molecule has 2 heterocycles. The van der Waals surface area contributed by atoms with Gasteiger partial charge < -0.3 is 9.64 Å². The highest BCUT2D eigenvalue weighted by Crippen LogP contribution is 2.43. The van der Waals surface area contributed by atoms with Crippen molar-refractivity contribution in [2.24, 2.45) is 0 Å². The summed E-state index contributed by atoms with van der Waals surface area (Å²) < 4.78 is 45.8. The van der Waals surface area contributed by atoms with Crippen molar-refractivity contribution >= 4 is 5.91 Å². The lowest BCUT2D eigenvalue weighted by atomic mass is 10.1. The van der Waals surface area contributed by atoms with Crippen LogP contribution in [0.15, 0.2) is 30.5 Å². The molecule has 1 aromatic carbocycles. The molecule has 1 aromatic heterocycles. The number of hydrogen-bond acceptors (Lipinski definition) is 3. The predicted molar refractivity (Wildman–Crippen MR) is 87.3 cm³/mol. The fourth-order valence-corrected chi connectivity index (χ4v) is 3.23. The largest absolute Gasteiger partial charge is 0.416 e. The molecule has 1 aliphatic heterocycles. The Hall–Kier alpha value is -2.35. The molecule has 1 amide bonds. The lowest BCUT2D eigenvalue weighted by molar-refractivity contribution is -0.137. The van der Waals surface area contributed by atoms with Crippen molar-refractivity contribution in [3.05, 3.63) is 47.3 Å². The minimum atomic E-state index is -4.42. The number of amides is 1. The van der Waals surface area contributed by atoms with E-state index in [4.69, 9.17) is 4.74 Å². The van der Waals surface area contributed by atoms with Gasteiger partial charge in [-0.15, -0.1) is 0 Å². The fourth-order valence-electron chi connectivity index (χ4n) is 3.23. The molecule has 8 heteroatoms. The second-order valence-electron chi connectivity index (χ2n) is 6.58. The maximum Gasteiger partial charge on any atom is 0.416 e. The van der Waals surface area contributed by atoms with Gasteiger partial charge in [-0.1, -0.05) is 6.07 Å². The highest BCUT2D eigenvalue weighted by atomic mass is 19.4. The first-order valence-corrected chi connectivity index (χ1v) is 8.58. The van der Waals surface area contributed by atoms with Gasteiger partial charge in [0.15, 0.2) is 0 Å². The second kappa shape index (κ2) is 6.42. The molecule has 1 saturated carbocycles. The summed E-state index contributed by atoms with van der Waals surface area (Å²) in [5, 5.41) is 4.26. The third-order valence-electron chi connectivity index (χ3n) is 4.72. The van der Waals surface area contributed by atoms with E-state index >= 15 is 0 Å². The standard InChI is InChI=1S/C18H18F3N3O2/c19-18(20,21)13-2-1-3-14(10-13)24-16(12-4-5-12)15(11-22-24)17(25)23-6-8-26-9-7-23/h1-3,10-12H,4-9H2. The van der Waals surface area contributed by atoms with E-state index in [9.17, 15) is 18.0 Å². The first-order valence-electron chi connectivity index (χ1n) is 8.58. The lowest BCUT2D eigenvalue weighted by Gasteiger charge is -2.26. The summed E-state index contributed by atoms with van der Waals surface area (Å²) >= 11 is 0. The van der Waals surface area contributed by atoms with Crippen LogP contribution in [0.5, 0.6) is 0 Å². The van der Waals surface area contributed by atoms with Crippen molar-refractivity contribution < 1.29 is 22.7 Å². The SMILES string of the molecule is O=C(c1cnn(-c2cccc(C(F)(F)F)c2)c1C1CC1)N1CCOCC1. The van der Waals surface area contributed by atoms with Gasteiger partial charge in [-0.05, 0) is 31.0 Å². The molecule has 2 fully saturated rings. The number of morpholine rings is 1. The average molecular weight is 365 g/mol. The Balaban J connectivity index is 1.72. The van der Waals surface area contributed by atoms with Crippen LogP contribution < -0.4 is 0 Å². The molecule has 0 spiro atoms. The van der Waals surface area contributed by atoms with Gasteiger partial charge in [0.1, 0.15) is 0 Å². The van der Waals surface area contributed by atoms with Crippen LogP contribution >= 0.6 is 0 Å². The molecule has 2 aliphatic rings. The van der Waals surface area contributed by atoms with Crippen LogP contribution in [-0.2, 0) is 10.9 Å². The number of aromatic nitrogens is 2. The van der Waals surface area contributed by atoms with Crippen LogP contribution in [0.25, 0.3) is 5.69 Å². The molecule has 1 aliphatic carbocycles. The molecule has 4 rings (SSSR count). The van der Waals surface area contributed by atoms with E-state index < -0.39 is 11.7 Å². The normalized spacial score (nSPS) is 18.2. The van der Waals surface area contributed by atoms with Crippen LogP contribution in [0.2, 0.25) is 0 Å². The number of hydrogen-bond donors (Lipinski definition) is 0. The zero-order valence-electron chi connectivity index (χ0n) is 14.0. The second-order valence-corrected chi connectivity index (χ2v) is 6.58. The molecular formula is C18H18F3N3O2. The third-order valence-corrected chi connectivity index (χ3v) is 4.72. The number of benzene rings is 1. The molecule has 5 nitrogen and oxygen atoms in total. The van der Waals surface area contributed by atoms with E-state index in [0.29, 0.717) is 43.2 Å². The molecule has 0 bridgehead atoms. The van der Waals surface area contributed by atoms with Gasteiger partial charge in [0.25, 0.3) is 5.91 Å². The summed E-state index contributed by atoms with van der Waals surface area (Å²) in [7, 11) is 0. The summed E-state index contributed by atoms with van der Waals surface area (Å²) in [5.74, 6) is 0.0282. The minimum Gasteiger partial charge on any atom is -0.378 e. The maximum atomic E-state index is 13.0. The third kappa shape index (κ3) is 3.21. The first kappa shape index (κ1) is 17.1. The summed E-state index contributed by atoms with van der Waals surface area (Å²) in [5.41, 5.74) is 0.781. The molecule has 138 valence electrons. The molecule has 1 saturated heterocycles. The van der Waals surface area contributed by atoms with Crippen molar-refractivity contribution in [2.45, 2.75) is 24.9 Å². The van der Waals surface area contributed by atoms with E-state index in [2.05, 4.69) is 5.10 Å². The number of nitrogens with zero attached hydrogens (tertiary/aromatic N) is 3. The summed E-state index contributed by atoms with van der Waals surface area (Å²) in [4.78, 5) is 14.6. The van der Waals surface area contributed by atoms with Crippen molar-refractivity contribution in [1.82, 2.24) is 14.7 Å². The van der Waals surface area contributed by atoms with Crippen LogP contribution in [0.1, 0.15) is 40.4 Å². The molecule has 0 N–H and O–H groups in total. The first-order chi connectivity index (χ1) is 12.4. The molecule has 0 atom stereocenters. The van der Waals surface area contributed by atoms with Gasteiger partial charge in [-0.25, -0.2) is 4.68 Å². The smallest absolute Gasteiger partial charge is 0.378 e. The van der Waals surface area contributed by atoms with Crippen molar-refractivity contribution in [3.8, 4) is 5.69 Å². The fraction of sp³-hybridized carbons (Fsp3) is 0.444. The van der Waals surface area contributed by atoms with Gasteiger partial charge >= 0.3 is 6.18 Å². The Kier molecular flexibility index (Phi) is 4.22. The number of halogens is 3. The van der Waals surface area contributed by atoms with Crippen LogP contribution in [0.3, 0.4) is 0 Å². The Bertz CT molecular complexity index is 821. The van der Waals surface area contributed by atoms with Gasteiger partial charge in [0, 0.05) is 19.0 Å². The van der Waals surface area contributed by atoms with E-state index in [1.54, 1.807) is 11.0 Å². The van der Waals surface area contributed by atoms with Gasteiger partial charge in [0.2, 0.25) is 0 Å². The minimum absolute atomic E-state index is 0.131. The van der Waals surface area contributed by atoms with Gasteiger partial charge in [-0.2, -0.15) is 18.3 Å². The summed E-state index contributed by atoms with van der Waals surface area (Å²) in [6, 6.07) is 5.04. The topological polar surface area (TPSA) is 47.4 Å².